The standard InChI is InChI=1S/C14H19N3O4.ClH/c1-21-10-14(6-3-7-16-14)9-15-13(18)11-4-2-5-12(8-11)17(19)20;/h2,4-5,8,16H,3,6-7,9-10H2,1H3,(H,15,18);1H. The molecule has 1 heterocycles. The maximum absolute atomic E-state index is 12.1. The van der Waals surface area contributed by atoms with Gasteiger partial charge in [0.05, 0.1) is 17.1 Å². The van der Waals surface area contributed by atoms with Crippen LogP contribution in [0.3, 0.4) is 0 Å². The van der Waals surface area contributed by atoms with Gasteiger partial charge in [-0.3, -0.25) is 14.9 Å². The maximum Gasteiger partial charge on any atom is 0.270 e. The smallest absolute Gasteiger partial charge is 0.270 e. The molecule has 1 aliphatic rings. The Kier molecular flexibility index (Phi) is 6.73. The summed E-state index contributed by atoms with van der Waals surface area (Å²) in [7, 11) is 1.63. The number of benzene rings is 1. The molecule has 1 aromatic rings. The van der Waals surface area contributed by atoms with Crippen molar-refractivity contribution in [1.82, 2.24) is 10.6 Å². The number of hydrogen-bond acceptors (Lipinski definition) is 5. The fourth-order valence-corrected chi connectivity index (χ4v) is 2.58. The summed E-state index contributed by atoms with van der Waals surface area (Å²) >= 11 is 0. The van der Waals surface area contributed by atoms with Crippen LogP contribution in [0.4, 0.5) is 5.69 Å². The number of methoxy groups -OCH3 is 1. The molecular formula is C14H20ClN3O4. The molecule has 1 unspecified atom stereocenters. The van der Waals surface area contributed by atoms with Gasteiger partial charge in [0, 0.05) is 31.4 Å². The number of halogens is 1. The van der Waals surface area contributed by atoms with Crippen molar-refractivity contribution in [3.8, 4) is 0 Å². The van der Waals surface area contributed by atoms with Crippen molar-refractivity contribution in [2.45, 2.75) is 18.4 Å². The van der Waals surface area contributed by atoms with Crippen LogP contribution in [0, 0.1) is 10.1 Å². The highest BCUT2D eigenvalue weighted by atomic mass is 35.5. The third-order valence-electron chi connectivity index (χ3n) is 3.66. The number of nitrogens with one attached hydrogen (secondary N) is 2. The molecule has 0 saturated carbocycles. The van der Waals surface area contributed by atoms with E-state index in [-0.39, 0.29) is 35.1 Å². The summed E-state index contributed by atoms with van der Waals surface area (Å²) < 4.78 is 5.21. The molecule has 1 aliphatic heterocycles. The number of hydrogen-bond donors (Lipinski definition) is 2. The average Bonchev–Trinajstić information content (AvgIpc) is 2.94. The van der Waals surface area contributed by atoms with E-state index in [9.17, 15) is 14.9 Å². The van der Waals surface area contributed by atoms with Crippen LogP contribution in [0.15, 0.2) is 24.3 Å². The lowest BCUT2D eigenvalue weighted by Crippen LogP contribution is -2.53. The zero-order chi connectivity index (χ0) is 15.3. The Morgan fingerprint density at radius 3 is 2.91 bits per heavy atom. The van der Waals surface area contributed by atoms with Crippen molar-refractivity contribution in [2.75, 3.05) is 26.8 Å². The first-order valence-electron chi connectivity index (χ1n) is 6.83. The second kappa shape index (κ2) is 8.07. The Hall–Kier alpha value is -1.70. The van der Waals surface area contributed by atoms with Crippen molar-refractivity contribution in [3.63, 3.8) is 0 Å². The normalized spacial score (nSPS) is 20.2. The number of carbonyl (C=O) groups excluding carboxylic acids is 1. The molecule has 0 aliphatic carbocycles. The first-order valence-corrected chi connectivity index (χ1v) is 6.83. The lowest BCUT2D eigenvalue weighted by molar-refractivity contribution is -0.384. The minimum absolute atomic E-state index is 0. The van der Waals surface area contributed by atoms with Crippen LogP contribution in [0.25, 0.3) is 0 Å². The van der Waals surface area contributed by atoms with Crippen LogP contribution in [-0.4, -0.2) is 43.2 Å². The van der Waals surface area contributed by atoms with Gasteiger partial charge in [-0.15, -0.1) is 12.4 Å². The van der Waals surface area contributed by atoms with E-state index in [1.807, 2.05) is 0 Å². The number of nitro groups is 1. The van der Waals surface area contributed by atoms with Gasteiger partial charge in [0.1, 0.15) is 0 Å². The fourth-order valence-electron chi connectivity index (χ4n) is 2.58. The molecule has 0 aromatic heterocycles. The predicted octanol–water partition coefficient (Wildman–Crippen LogP) is 1.51. The fraction of sp³-hybridized carbons (Fsp3) is 0.500. The van der Waals surface area contributed by atoms with Crippen molar-refractivity contribution >= 4 is 24.0 Å². The van der Waals surface area contributed by atoms with Gasteiger partial charge in [0.25, 0.3) is 11.6 Å². The van der Waals surface area contributed by atoms with E-state index in [0.717, 1.165) is 19.4 Å². The van der Waals surface area contributed by atoms with Crippen molar-refractivity contribution in [1.29, 1.82) is 0 Å². The van der Waals surface area contributed by atoms with Crippen LogP contribution in [0.5, 0.6) is 0 Å². The van der Waals surface area contributed by atoms with E-state index in [1.54, 1.807) is 13.2 Å². The molecule has 1 atom stereocenters. The molecule has 1 amide bonds. The third kappa shape index (κ3) is 4.40. The van der Waals surface area contributed by atoms with E-state index >= 15 is 0 Å². The highest BCUT2D eigenvalue weighted by Crippen LogP contribution is 2.19. The van der Waals surface area contributed by atoms with E-state index in [1.165, 1.54) is 18.2 Å². The number of carbonyl (C=O) groups is 1. The Morgan fingerprint density at radius 1 is 1.55 bits per heavy atom. The summed E-state index contributed by atoms with van der Waals surface area (Å²) in [4.78, 5) is 22.3. The molecule has 0 bridgehead atoms. The largest absolute Gasteiger partial charge is 0.383 e. The zero-order valence-electron chi connectivity index (χ0n) is 12.3. The van der Waals surface area contributed by atoms with E-state index in [2.05, 4.69) is 10.6 Å². The highest BCUT2D eigenvalue weighted by molar-refractivity contribution is 5.94. The second-order valence-electron chi connectivity index (χ2n) is 5.23. The number of rotatable bonds is 6. The molecule has 1 saturated heterocycles. The van der Waals surface area contributed by atoms with Crippen LogP contribution in [0.1, 0.15) is 23.2 Å². The van der Waals surface area contributed by atoms with Crippen LogP contribution < -0.4 is 10.6 Å². The topological polar surface area (TPSA) is 93.5 Å². The molecule has 1 aromatic carbocycles. The highest BCUT2D eigenvalue weighted by Gasteiger charge is 2.33. The third-order valence-corrected chi connectivity index (χ3v) is 3.66. The lowest BCUT2D eigenvalue weighted by atomic mass is 9.98. The molecule has 8 heteroatoms. The summed E-state index contributed by atoms with van der Waals surface area (Å²) in [5, 5.41) is 16.9. The number of ether oxygens (including phenoxy) is 1. The minimum atomic E-state index is -0.512. The quantitative estimate of drug-likeness (QED) is 0.609. The molecule has 0 radical (unpaired) electrons. The first kappa shape index (κ1) is 18.3. The SMILES string of the molecule is COCC1(CNC(=O)c2cccc([N+](=O)[O-])c2)CCCN1.Cl. The van der Waals surface area contributed by atoms with Crippen molar-refractivity contribution < 1.29 is 14.5 Å². The van der Waals surface area contributed by atoms with Gasteiger partial charge in [-0.05, 0) is 25.5 Å². The Bertz CT molecular complexity index is 533. The molecule has 2 rings (SSSR count). The second-order valence-corrected chi connectivity index (χ2v) is 5.23. The molecule has 1 fully saturated rings. The number of non-ortho nitro benzene ring substituents is 1. The molecular weight excluding hydrogens is 310 g/mol. The van der Waals surface area contributed by atoms with Crippen LogP contribution in [-0.2, 0) is 4.74 Å². The van der Waals surface area contributed by atoms with E-state index in [4.69, 9.17) is 4.74 Å². The van der Waals surface area contributed by atoms with E-state index < -0.39 is 4.92 Å². The summed E-state index contributed by atoms with van der Waals surface area (Å²) in [6.45, 7) is 1.85. The van der Waals surface area contributed by atoms with Crippen molar-refractivity contribution in [2.24, 2.45) is 0 Å². The predicted molar refractivity (Wildman–Crippen MR) is 84.5 cm³/mol. The van der Waals surface area contributed by atoms with Gasteiger partial charge >= 0.3 is 0 Å². The summed E-state index contributed by atoms with van der Waals surface area (Å²) in [5.74, 6) is -0.317. The monoisotopic (exact) mass is 329 g/mol. The average molecular weight is 330 g/mol. The maximum atomic E-state index is 12.1. The van der Waals surface area contributed by atoms with Gasteiger partial charge in [0.2, 0.25) is 0 Å². The molecule has 2 N–H and O–H groups in total. The number of nitrogens with zero attached hydrogens (tertiary/aromatic N) is 1. The zero-order valence-corrected chi connectivity index (χ0v) is 13.1. The molecule has 122 valence electrons. The first-order chi connectivity index (χ1) is 10.1. The Labute approximate surface area is 135 Å². The summed E-state index contributed by atoms with van der Waals surface area (Å²) in [5.41, 5.74) is -0.0477. The van der Waals surface area contributed by atoms with Gasteiger partial charge in [0.15, 0.2) is 0 Å². The van der Waals surface area contributed by atoms with Crippen molar-refractivity contribution in [3.05, 3.63) is 39.9 Å². The molecule has 22 heavy (non-hydrogen) atoms. The van der Waals surface area contributed by atoms with Gasteiger partial charge in [-0.1, -0.05) is 6.07 Å². The Balaban J connectivity index is 0.00000242. The summed E-state index contributed by atoms with van der Waals surface area (Å²) in [6.07, 6.45) is 1.96. The number of nitro benzene ring substituents is 1. The molecule has 0 spiro atoms. The van der Waals surface area contributed by atoms with E-state index in [0.29, 0.717) is 13.2 Å². The Morgan fingerprint density at radius 2 is 2.32 bits per heavy atom. The van der Waals surface area contributed by atoms with Crippen LogP contribution >= 0.6 is 12.4 Å². The molecule has 7 nitrogen and oxygen atoms in total. The van der Waals surface area contributed by atoms with Crippen LogP contribution in [0.2, 0.25) is 0 Å². The minimum Gasteiger partial charge on any atom is -0.383 e. The lowest BCUT2D eigenvalue weighted by Gasteiger charge is -2.28. The van der Waals surface area contributed by atoms with Gasteiger partial charge in [-0.25, -0.2) is 0 Å². The van der Waals surface area contributed by atoms with Gasteiger partial charge in [-0.2, -0.15) is 0 Å². The van der Waals surface area contributed by atoms with Gasteiger partial charge < -0.3 is 15.4 Å². The summed E-state index contributed by atoms with van der Waals surface area (Å²) in [6, 6.07) is 5.71. The number of amides is 1.